The summed E-state index contributed by atoms with van der Waals surface area (Å²) in [5.41, 5.74) is 7.83. The summed E-state index contributed by atoms with van der Waals surface area (Å²) in [5.74, 6) is 0. The first-order valence-corrected chi connectivity index (χ1v) is 6.73. The maximum atomic E-state index is 9.54. The Labute approximate surface area is 108 Å². The van der Waals surface area contributed by atoms with E-state index in [1.165, 1.54) is 12.8 Å². The van der Waals surface area contributed by atoms with E-state index in [0.717, 1.165) is 38.9 Å². The quantitative estimate of drug-likeness (QED) is 0.348. The molecule has 0 aliphatic carbocycles. The molecular weight excluding hydrogens is 228 g/mol. The second kappa shape index (κ2) is 6.05. The van der Waals surface area contributed by atoms with Crippen molar-refractivity contribution in [3.8, 4) is 6.07 Å². The van der Waals surface area contributed by atoms with Crippen molar-refractivity contribution < 1.29 is 0 Å². The Kier molecular flexibility index (Phi) is 4.43. The van der Waals surface area contributed by atoms with Crippen LogP contribution in [-0.2, 0) is 0 Å². The first kappa shape index (κ1) is 13.2. The van der Waals surface area contributed by atoms with Gasteiger partial charge in [0.25, 0.3) is 0 Å². The van der Waals surface area contributed by atoms with Crippen LogP contribution < -0.4 is 5.32 Å². The van der Waals surface area contributed by atoms with Crippen molar-refractivity contribution in [2.75, 3.05) is 26.2 Å². The Morgan fingerprint density at radius 3 is 3.17 bits per heavy atom. The van der Waals surface area contributed by atoms with E-state index < -0.39 is 0 Å². The number of piperidine rings is 1. The number of hydrogen-bond donors (Lipinski definition) is 1. The summed E-state index contributed by atoms with van der Waals surface area (Å²) >= 11 is 0. The number of fused-ring (bicyclic) bond motifs is 1. The molecule has 6 heteroatoms. The topological polar surface area (TPSA) is 87.8 Å². The second-order valence-corrected chi connectivity index (χ2v) is 5.12. The van der Waals surface area contributed by atoms with Crippen LogP contribution in [0, 0.1) is 11.3 Å². The first-order chi connectivity index (χ1) is 8.82. The number of rotatable bonds is 5. The first-order valence-electron chi connectivity index (χ1n) is 6.73. The summed E-state index contributed by atoms with van der Waals surface area (Å²) in [6.07, 6.45) is 5.31. The molecule has 2 aliphatic rings. The van der Waals surface area contributed by atoms with Crippen molar-refractivity contribution in [1.82, 2.24) is 10.2 Å². The van der Waals surface area contributed by atoms with Gasteiger partial charge in [0.2, 0.25) is 0 Å². The monoisotopic (exact) mass is 248 g/mol. The Morgan fingerprint density at radius 1 is 1.50 bits per heavy atom. The van der Waals surface area contributed by atoms with Crippen LogP contribution in [0.3, 0.4) is 0 Å². The molecule has 18 heavy (non-hydrogen) atoms. The average molecular weight is 248 g/mol. The van der Waals surface area contributed by atoms with Crippen LogP contribution in [0.2, 0.25) is 0 Å². The minimum absolute atomic E-state index is 0.371. The highest BCUT2D eigenvalue weighted by atomic mass is 15.3. The van der Waals surface area contributed by atoms with Gasteiger partial charge in [-0.2, -0.15) is 5.26 Å². The third-order valence-electron chi connectivity index (χ3n) is 4.11. The van der Waals surface area contributed by atoms with Gasteiger partial charge in [-0.1, -0.05) is 11.5 Å². The van der Waals surface area contributed by atoms with Crippen LogP contribution in [0.1, 0.15) is 32.1 Å². The summed E-state index contributed by atoms with van der Waals surface area (Å²) in [6, 6.07) is 2.88. The number of hydrogen-bond acceptors (Lipinski definition) is 4. The molecule has 2 rings (SSSR count). The SMILES string of the molecule is N#CC1(NCCCN=[N+]=[N-])CCN2CCCCC21. The van der Waals surface area contributed by atoms with Crippen LogP contribution in [-0.4, -0.2) is 42.7 Å². The minimum atomic E-state index is -0.378. The highest BCUT2D eigenvalue weighted by Gasteiger charge is 2.47. The maximum Gasteiger partial charge on any atom is 0.123 e. The second-order valence-electron chi connectivity index (χ2n) is 5.12. The molecule has 6 nitrogen and oxygen atoms in total. The molecular formula is C12H20N6. The van der Waals surface area contributed by atoms with Crippen molar-refractivity contribution in [3.05, 3.63) is 10.4 Å². The molecule has 2 fully saturated rings. The van der Waals surface area contributed by atoms with E-state index in [1.807, 2.05) is 0 Å². The van der Waals surface area contributed by atoms with Gasteiger partial charge in [-0.3, -0.25) is 10.2 Å². The largest absolute Gasteiger partial charge is 0.298 e. The van der Waals surface area contributed by atoms with Crippen LogP contribution in [0.15, 0.2) is 5.11 Å². The van der Waals surface area contributed by atoms with Crippen molar-refractivity contribution in [2.24, 2.45) is 5.11 Å². The smallest absolute Gasteiger partial charge is 0.123 e. The summed E-state index contributed by atoms with van der Waals surface area (Å²) in [5, 5.41) is 16.5. The Bertz CT molecular complexity index is 369. The zero-order valence-electron chi connectivity index (χ0n) is 10.7. The molecule has 2 heterocycles. The lowest BCUT2D eigenvalue weighted by molar-refractivity contribution is 0.160. The van der Waals surface area contributed by atoms with Gasteiger partial charge in [0.1, 0.15) is 5.54 Å². The summed E-state index contributed by atoms with van der Waals surface area (Å²) < 4.78 is 0. The fraction of sp³-hybridized carbons (Fsp3) is 0.917. The molecule has 0 aromatic heterocycles. The molecule has 0 saturated carbocycles. The van der Waals surface area contributed by atoms with Crippen LogP contribution >= 0.6 is 0 Å². The van der Waals surface area contributed by atoms with Gasteiger partial charge in [-0.05, 0) is 44.3 Å². The predicted molar refractivity (Wildman–Crippen MR) is 68.8 cm³/mol. The molecule has 0 aromatic rings. The van der Waals surface area contributed by atoms with Gasteiger partial charge in [-0.15, -0.1) is 0 Å². The Balaban J connectivity index is 1.90. The Hall–Kier alpha value is -1.28. The van der Waals surface area contributed by atoms with Crippen molar-refractivity contribution in [2.45, 2.75) is 43.7 Å². The lowest BCUT2D eigenvalue weighted by Crippen LogP contribution is -2.55. The summed E-state index contributed by atoms with van der Waals surface area (Å²) in [4.78, 5) is 5.18. The number of nitriles is 1. The standard InChI is InChI=1S/C12H20N6/c13-10-12(15-6-3-7-16-17-14)5-9-18-8-2-1-4-11(12)18/h11,15H,1-9H2. The van der Waals surface area contributed by atoms with Gasteiger partial charge < -0.3 is 0 Å². The molecule has 98 valence electrons. The van der Waals surface area contributed by atoms with E-state index in [-0.39, 0.29) is 5.54 Å². The van der Waals surface area contributed by atoms with Gasteiger partial charge in [0, 0.05) is 24.0 Å². The molecule has 0 radical (unpaired) electrons. The highest BCUT2D eigenvalue weighted by Crippen LogP contribution is 2.34. The molecule has 1 N–H and O–H groups in total. The van der Waals surface area contributed by atoms with E-state index in [4.69, 9.17) is 5.53 Å². The zero-order chi connectivity index (χ0) is 12.8. The summed E-state index contributed by atoms with van der Waals surface area (Å²) in [7, 11) is 0. The highest BCUT2D eigenvalue weighted by molar-refractivity contribution is 5.19. The molecule has 2 unspecified atom stereocenters. The van der Waals surface area contributed by atoms with Crippen LogP contribution in [0.25, 0.3) is 10.4 Å². The lowest BCUT2D eigenvalue weighted by atomic mass is 9.86. The van der Waals surface area contributed by atoms with Crippen LogP contribution in [0.5, 0.6) is 0 Å². The van der Waals surface area contributed by atoms with Crippen molar-refractivity contribution in [1.29, 1.82) is 5.26 Å². The average Bonchev–Trinajstić information content (AvgIpc) is 2.79. The van der Waals surface area contributed by atoms with E-state index in [2.05, 4.69) is 26.3 Å². The minimum Gasteiger partial charge on any atom is -0.298 e. The molecule has 0 bridgehead atoms. The van der Waals surface area contributed by atoms with Gasteiger partial charge in [0.15, 0.2) is 0 Å². The fourth-order valence-electron chi connectivity index (χ4n) is 3.19. The van der Waals surface area contributed by atoms with E-state index in [0.29, 0.717) is 12.6 Å². The third kappa shape index (κ3) is 2.59. The maximum absolute atomic E-state index is 9.54. The molecule has 0 spiro atoms. The van der Waals surface area contributed by atoms with E-state index in [1.54, 1.807) is 0 Å². The molecule has 2 aliphatic heterocycles. The van der Waals surface area contributed by atoms with E-state index >= 15 is 0 Å². The van der Waals surface area contributed by atoms with E-state index in [9.17, 15) is 5.26 Å². The van der Waals surface area contributed by atoms with Crippen molar-refractivity contribution >= 4 is 0 Å². The lowest BCUT2D eigenvalue weighted by Gasteiger charge is -2.37. The normalized spacial score (nSPS) is 31.4. The van der Waals surface area contributed by atoms with Gasteiger partial charge in [-0.25, -0.2) is 0 Å². The Morgan fingerprint density at radius 2 is 2.39 bits per heavy atom. The summed E-state index contributed by atoms with van der Waals surface area (Å²) in [6.45, 7) is 3.41. The molecule has 2 atom stereocenters. The number of nitrogens with one attached hydrogen (secondary N) is 1. The van der Waals surface area contributed by atoms with Gasteiger partial charge in [0.05, 0.1) is 6.07 Å². The third-order valence-corrected chi connectivity index (χ3v) is 4.11. The molecule has 0 amide bonds. The predicted octanol–water partition coefficient (Wildman–Crippen LogP) is 1.80. The zero-order valence-corrected chi connectivity index (χ0v) is 10.7. The number of nitrogens with zero attached hydrogens (tertiary/aromatic N) is 5. The van der Waals surface area contributed by atoms with Gasteiger partial charge >= 0.3 is 0 Å². The fourth-order valence-corrected chi connectivity index (χ4v) is 3.19. The molecule has 0 aromatic carbocycles. The molecule has 2 saturated heterocycles. The number of azide groups is 1. The van der Waals surface area contributed by atoms with Crippen molar-refractivity contribution in [3.63, 3.8) is 0 Å². The van der Waals surface area contributed by atoms with Crippen LogP contribution in [0.4, 0.5) is 0 Å².